The maximum Gasteiger partial charge on any atom is 0.319 e. The lowest BCUT2D eigenvalue weighted by Crippen LogP contribution is -2.35. The molecule has 4 heteroatoms. The highest BCUT2D eigenvalue weighted by Crippen LogP contribution is 2.29. The van der Waals surface area contributed by atoms with Crippen LogP contribution in [-0.2, 0) is 4.79 Å². The minimum Gasteiger partial charge on any atom is -0.480 e. The van der Waals surface area contributed by atoms with Crippen molar-refractivity contribution < 1.29 is 15.0 Å². The van der Waals surface area contributed by atoms with Gasteiger partial charge in [-0.05, 0) is 18.8 Å². The van der Waals surface area contributed by atoms with Crippen LogP contribution in [-0.4, -0.2) is 27.1 Å². The van der Waals surface area contributed by atoms with Gasteiger partial charge in [-0.15, -0.1) is 0 Å². The van der Waals surface area contributed by atoms with Crippen molar-refractivity contribution in [1.29, 1.82) is 0 Å². The van der Waals surface area contributed by atoms with Crippen molar-refractivity contribution in [2.75, 3.05) is 0 Å². The van der Waals surface area contributed by atoms with Crippen LogP contribution in [0.2, 0.25) is 0 Å². The molecule has 1 rings (SSSR count). The standard InChI is InChI=1S/C9H15BrO3/c10-7(9(12)13)8(11)6-4-2-1-3-5-6/h6-8,11H,1-5H2,(H,12,13). The Morgan fingerprint density at radius 3 is 2.31 bits per heavy atom. The third-order valence-corrected chi connectivity index (χ3v) is 3.60. The molecule has 0 saturated heterocycles. The molecule has 13 heavy (non-hydrogen) atoms. The smallest absolute Gasteiger partial charge is 0.319 e. The lowest BCUT2D eigenvalue weighted by atomic mass is 9.84. The molecule has 0 spiro atoms. The van der Waals surface area contributed by atoms with Gasteiger partial charge in [-0.3, -0.25) is 4.79 Å². The summed E-state index contributed by atoms with van der Waals surface area (Å²) in [6.07, 6.45) is 4.61. The summed E-state index contributed by atoms with van der Waals surface area (Å²) >= 11 is 2.99. The van der Waals surface area contributed by atoms with Gasteiger partial charge < -0.3 is 10.2 Å². The highest BCUT2D eigenvalue weighted by atomic mass is 79.9. The number of carboxylic acid groups (broad SMARTS) is 1. The second kappa shape index (κ2) is 4.96. The zero-order chi connectivity index (χ0) is 9.84. The van der Waals surface area contributed by atoms with Crippen LogP contribution in [0.4, 0.5) is 0 Å². The number of aliphatic hydroxyl groups excluding tert-OH is 1. The van der Waals surface area contributed by atoms with E-state index in [1.54, 1.807) is 0 Å². The largest absolute Gasteiger partial charge is 0.480 e. The average Bonchev–Trinajstić information content (AvgIpc) is 2.17. The maximum absolute atomic E-state index is 10.6. The fourth-order valence-corrected chi connectivity index (χ4v) is 2.29. The second-order valence-corrected chi connectivity index (χ2v) is 4.62. The van der Waals surface area contributed by atoms with E-state index in [2.05, 4.69) is 15.9 Å². The van der Waals surface area contributed by atoms with Gasteiger partial charge in [0, 0.05) is 0 Å². The van der Waals surface area contributed by atoms with Crippen molar-refractivity contribution in [3.63, 3.8) is 0 Å². The Bertz CT molecular complexity index is 178. The van der Waals surface area contributed by atoms with Crippen LogP contribution >= 0.6 is 15.9 Å². The molecule has 1 fully saturated rings. The minimum absolute atomic E-state index is 0.161. The van der Waals surface area contributed by atoms with E-state index in [1.807, 2.05) is 0 Å². The van der Waals surface area contributed by atoms with E-state index in [-0.39, 0.29) is 5.92 Å². The first kappa shape index (κ1) is 11.0. The van der Waals surface area contributed by atoms with Gasteiger partial charge in [-0.1, -0.05) is 35.2 Å². The van der Waals surface area contributed by atoms with Gasteiger partial charge in [-0.2, -0.15) is 0 Å². The monoisotopic (exact) mass is 250 g/mol. The summed E-state index contributed by atoms with van der Waals surface area (Å²) in [4.78, 5) is 9.77. The molecule has 2 unspecified atom stereocenters. The van der Waals surface area contributed by atoms with E-state index in [4.69, 9.17) is 5.11 Å². The molecule has 1 aliphatic rings. The summed E-state index contributed by atoms with van der Waals surface area (Å²) in [7, 11) is 0. The van der Waals surface area contributed by atoms with Crippen molar-refractivity contribution in [2.24, 2.45) is 5.92 Å². The predicted molar refractivity (Wildman–Crippen MR) is 52.9 cm³/mol. The molecule has 1 aliphatic carbocycles. The van der Waals surface area contributed by atoms with Gasteiger partial charge in [-0.25, -0.2) is 0 Å². The van der Waals surface area contributed by atoms with Crippen LogP contribution in [0.3, 0.4) is 0 Å². The summed E-state index contributed by atoms with van der Waals surface area (Å²) < 4.78 is 0. The van der Waals surface area contributed by atoms with Crippen molar-refractivity contribution in [3.8, 4) is 0 Å². The van der Waals surface area contributed by atoms with Gasteiger partial charge in [0.1, 0.15) is 4.83 Å². The Hall–Kier alpha value is -0.0900. The molecule has 0 bridgehead atoms. The van der Waals surface area contributed by atoms with Crippen molar-refractivity contribution in [1.82, 2.24) is 0 Å². The summed E-state index contributed by atoms with van der Waals surface area (Å²) in [5, 5.41) is 18.4. The zero-order valence-corrected chi connectivity index (χ0v) is 9.03. The Morgan fingerprint density at radius 1 is 1.31 bits per heavy atom. The molecule has 0 heterocycles. The Labute approximate surface area is 86.3 Å². The van der Waals surface area contributed by atoms with Crippen LogP contribution in [0.25, 0.3) is 0 Å². The molecule has 0 aromatic heterocycles. The number of carboxylic acids is 1. The predicted octanol–water partition coefficient (Wildman–Crippen LogP) is 1.78. The van der Waals surface area contributed by atoms with E-state index >= 15 is 0 Å². The zero-order valence-electron chi connectivity index (χ0n) is 7.45. The first-order chi connectivity index (χ1) is 6.13. The van der Waals surface area contributed by atoms with Gasteiger partial charge in [0.25, 0.3) is 0 Å². The Kier molecular flexibility index (Phi) is 4.19. The number of alkyl halides is 1. The minimum atomic E-state index is -0.974. The fourth-order valence-electron chi connectivity index (χ4n) is 1.86. The Balaban J connectivity index is 2.44. The molecule has 0 aromatic carbocycles. The third-order valence-electron chi connectivity index (χ3n) is 2.67. The molecule has 1 saturated carbocycles. The van der Waals surface area contributed by atoms with Crippen LogP contribution in [0.5, 0.6) is 0 Å². The number of rotatable bonds is 3. The van der Waals surface area contributed by atoms with Gasteiger partial charge >= 0.3 is 5.97 Å². The molecule has 3 nitrogen and oxygen atoms in total. The number of hydrogen-bond acceptors (Lipinski definition) is 2. The summed E-state index contributed by atoms with van der Waals surface area (Å²) in [5.41, 5.74) is 0. The van der Waals surface area contributed by atoms with Crippen molar-refractivity contribution in [3.05, 3.63) is 0 Å². The van der Waals surface area contributed by atoms with Gasteiger partial charge in [0.2, 0.25) is 0 Å². The molecular formula is C9H15BrO3. The molecule has 2 N–H and O–H groups in total. The third kappa shape index (κ3) is 2.95. The molecule has 2 atom stereocenters. The molecule has 0 amide bonds. The molecular weight excluding hydrogens is 236 g/mol. The number of carbonyl (C=O) groups is 1. The average molecular weight is 251 g/mol. The number of aliphatic hydroxyl groups is 1. The first-order valence-corrected chi connectivity index (χ1v) is 5.59. The maximum atomic E-state index is 10.6. The van der Waals surface area contributed by atoms with Crippen LogP contribution in [0, 0.1) is 5.92 Å². The van der Waals surface area contributed by atoms with E-state index in [9.17, 15) is 9.90 Å². The topological polar surface area (TPSA) is 57.5 Å². The molecule has 76 valence electrons. The highest BCUT2D eigenvalue weighted by molar-refractivity contribution is 9.10. The number of hydrogen-bond donors (Lipinski definition) is 2. The van der Waals surface area contributed by atoms with Crippen molar-refractivity contribution >= 4 is 21.9 Å². The van der Waals surface area contributed by atoms with E-state index in [0.29, 0.717) is 0 Å². The van der Waals surface area contributed by atoms with Crippen molar-refractivity contribution in [2.45, 2.75) is 43.0 Å². The number of halogens is 1. The summed E-state index contributed by atoms with van der Waals surface area (Å²) in [6.45, 7) is 0. The van der Waals surface area contributed by atoms with Crippen LogP contribution < -0.4 is 0 Å². The molecule has 0 aromatic rings. The molecule has 0 aliphatic heterocycles. The highest BCUT2D eigenvalue weighted by Gasteiger charge is 2.31. The second-order valence-electron chi connectivity index (χ2n) is 3.63. The summed E-state index contributed by atoms with van der Waals surface area (Å²) in [5.74, 6) is -0.813. The summed E-state index contributed by atoms with van der Waals surface area (Å²) in [6, 6.07) is 0. The van der Waals surface area contributed by atoms with Gasteiger partial charge in [0.15, 0.2) is 0 Å². The SMILES string of the molecule is O=C(O)C(Br)C(O)C1CCCCC1. The fraction of sp³-hybridized carbons (Fsp3) is 0.889. The molecule has 0 radical (unpaired) electrons. The van der Waals surface area contributed by atoms with E-state index < -0.39 is 16.9 Å². The van der Waals surface area contributed by atoms with E-state index in [0.717, 1.165) is 25.7 Å². The quantitative estimate of drug-likeness (QED) is 0.751. The Morgan fingerprint density at radius 2 is 1.85 bits per heavy atom. The lowest BCUT2D eigenvalue weighted by molar-refractivity contribution is -0.139. The number of aliphatic carboxylic acids is 1. The lowest BCUT2D eigenvalue weighted by Gasteiger charge is -2.27. The normalized spacial score (nSPS) is 23.8. The first-order valence-electron chi connectivity index (χ1n) is 4.68. The van der Waals surface area contributed by atoms with Gasteiger partial charge in [0.05, 0.1) is 6.10 Å². The van der Waals surface area contributed by atoms with E-state index in [1.165, 1.54) is 6.42 Å². The van der Waals surface area contributed by atoms with Crippen LogP contribution in [0.1, 0.15) is 32.1 Å². The van der Waals surface area contributed by atoms with Crippen LogP contribution in [0.15, 0.2) is 0 Å².